The Balaban J connectivity index is 2.35. The molecule has 0 aliphatic heterocycles. The van der Waals surface area contributed by atoms with Gasteiger partial charge < -0.3 is 5.11 Å². The topological polar surface area (TPSA) is 38.0 Å². The molecule has 3 nitrogen and oxygen atoms in total. The van der Waals surface area contributed by atoms with E-state index in [9.17, 15) is 13.9 Å². The zero-order valence-electron chi connectivity index (χ0n) is 11.2. The van der Waals surface area contributed by atoms with Crippen molar-refractivity contribution in [3.8, 4) is 0 Å². The molecular formula is C14H15ClF2N2O. The molecule has 0 saturated heterocycles. The number of hydrogen-bond donors (Lipinski definition) is 1. The van der Waals surface area contributed by atoms with Gasteiger partial charge in [-0.3, -0.25) is 4.68 Å². The third kappa shape index (κ3) is 2.69. The number of benzene rings is 1. The van der Waals surface area contributed by atoms with Gasteiger partial charge in [0.2, 0.25) is 0 Å². The Morgan fingerprint density at radius 3 is 2.50 bits per heavy atom. The predicted molar refractivity (Wildman–Crippen MR) is 72.7 cm³/mol. The average molecular weight is 301 g/mol. The minimum atomic E-state index is -1.31. The van der Waals surface area contributed by atoms with Gasteiger partial charge in [-0.2, -0.15) is 5.10 Å². The van der Waals surface area contributed by atoms with Crippen molar-refractivity contribution in [2.45, 2.75) is 32.9 Å². The smallest absolute Gasteiger partial charge is 0.131 e. The lowest BCUT2D eigenvalue weighted by atomic mass is 10.0. The normalized spacial score (nSPS) is 12.7. The van der Waals surface area contributed by atoms with Crippen molar-refractivity contribution in [1.29, 1.82) is 0 Å². The molecule has 108 valence electrons. The van der Waals surface area contributed by atoms with Crippen LogP contribution in [0.3, 0.4) is 0 Å². The number of aliphatic hydroxyl groups excluding tert-OH is 1. The molecule has 0 radical (unpaired) electrons. The summed E-state index contributed by atoms with van der Waals surface area (Å²) < 4.78 is 28.9. The van der Waals surface area contributed by atoms with Crippen LogP contribution in [-0.2, 0) is 13.0 Å². The van der Waals surface area contributed by atoms with E-state index in [1.807, 2.05) is 6.92 Å². The third-order valence-corrected chi connectivity index (χ3v) is 3.66. The van der Waals surface area contributed by atoms with Crippen molar-refractivity contribution in [2.24, 2.45) is 0 Å². The summed E-state index contributed by atoms with van der Waals surface area (Å²) in [7, 11) is 0. The highest BCUT2D eigenvalue weighted by atomic mass is 35.5. The van der Waals surface area contributed by atoms with Crippen LogP contribution in [0.4, 0.5) is 8.78 Å². The maximum Gasteiger partial charge on any atom is 0.131 e. The highest BCUT2D eigenvalue weighted by Crippen LogP contribution is 2.28. The monoisotopic (exact) mass is 300 g/mol. The van der Waals surface area contributed by atoms with Crippen LogP contribution in [0.15, 0.2) is 18.2 Å². The van der Waals surface area contributed by atoms with Crippen LogP contribution in [0.5, 0.6) is 0 Å². The zero-order chi connectivity index (χ0) is 14.9. The standard InChI is InChI=1S/C14H15ClF2N2O/c1-3-19-11(14(15)8(2)18-19)7-12(20)13-9(16)5-4-6-10(13)17/h4-6,12,20H,3,7H2,1-2H3. The van der Waals surface area contributed by atoms with Crippen LogP contribution in [0, 0.1) is 18.6 Å². The fraction of sp³-hybridized carbons (Fsp3) is 0.357. The Morgan fingerprint density at radius 2 is 1.95 bits per heavy atom. The SMILES string of the molecule is CCn1nc(C)c(Cl)c1CC(O)c1c(F)cccc1F. The molecular weight excluding hydrogens is 286 g/mol. The number of halogens is 3. The summed E-state index contributed by atoms with van der Waals surface area (Å²) in [4.78, 5) is 0. The minimum Gasteiger partial charge on any atom is -0.388 e. The summed E-state index contributed by atoms with van der Waals surface area (Å²) >= 11 is 6.12. The van der Waals surface area contributed by atoms with Crippen molar-refractivity contribution >= 4 is 11.6 Å². The molecule has 1 aromatic carbocycles. The molecule has 2 rings (SSSR count). The summed E-state index contributed by atoms with van der Waals surface area (Å²) in [6.07, 6.45) is -1.30. The van der Waals surface area contributed by atoms with Crippen LogP contribution in [0.1, 0.15) is 30.0 Å². The number of aromatic nitrogens is 2. The zero-order valence-corrected chi connectivity index (χ0v) is 12.0. The minimum absolute atomic E-state index is 0.00532. The summed E-state index contributed by atoms with van der Waals surface area (Å²) in [6.45, 7) is 4.19. The van der Waals surface area contributed by atoms with Gasteiger partial charge in [0.25, 0.3) is 0 Å². The molecule has 0 spiro atoms. The number of rotatable bonds is 4. The predicted octanol–water partition coefficient (Wildman–Crippen LogP) is 3.42. The first-order chi connectivity index (χ1) is 9.45. The second-order valence-electron chi connectivity index (χ2n) is 4.52. The fourth-order valence-corrected chi connectivity index (χ4v) is 2.39. The van der Waals surface area contributed by atoms with Crippen molar-refractivity contribution in [3.63, 3.8) is 0 Å². The van der Waals surface area contributed by atoms with Gasteiger partial charge in [-0.15, -0.1) is 0 Å². The molecule has 1 heterocycles. The van der Waals surface area contributed by atoms with Gasteiger partial charge in [0.1, 0.15) is 11.6 Å². The molecule has 0 aliphatic carbocycles. The van der Waals surface area contributed by atoms with Gasteiger partial charge in [0, 0.05) is 13.0 Å². The number of hydrogen-bond acceptors (Lipinski definition) is 2. The molecule has 6 heteroatoms. The van der Waals surface area contributed by atoms with E-state index >= 15 is 0 Å². The first kappa shape index (κ1) is 14.9. The average Bonchev–Trinajstić information content (AvgIpc) is 2.66. The molecule has 1 unspecified atom stereocenters. The molecule has 20 heavy (non-hydrogen) atoms. The van der Waals surface area contributed by atoms with Gasteiger partial charge in [0.15, 0.2) is 0 Å². The van der Waals surface area contributed by atoms with Gasteiger partial charge in [-0.1, -0.05) is 17.7 Å². The van der Waals surface area contributed by atoms with Gasteiger partial charge >= 0.3 is 0 Å². The van der Waals surface area contributed by atoms with E-state index in [1.165, 1.54) is 6.07 Å². The number of aliphatic hydroxyl groups is 1. The van der Waals surface area contributed by atoms with Gasteiger partial charge in [-0.25, -0.2) is 8.78 Å². The molecule has 2 aromatic rings. The van der Waals surface area contributed by atoms with E-state index in [-0.39, 0.29) is 12.0 Å². The van der Waals surface area contributed by atoms with Crippen LogP contribution < -0.4 is 0 Å². The second-order valence-corrected chi connectivity index (χ2v) is 4.90. The van der Waals surface area contributed by atoms with Crippen LogP contribution >= 0.6 is 11.6 Å². The Kier molecular flexibility index (Phi) is 4.40. The van der Waals surface area contributed by atoms with Gasteiger partial charge in [0.05, 0.1) is 28.1 Å². The Morgan fingerprint density at radius 1 is 1.35 bits per heavy atom. The molecule has 0 fully saturated rings. The summed E-state index contributed by atoms with van der Waals surface area (Å²) in [5.41, 5.74) is 0.858. The number of nitrogens with zero attached hydrogens (tertiary/aromatic N) is 2. The van der Waals surface area contributed by atoms with Crippen molar-refractivity contribution in [2.75, 3.05) is 0 Å². The van der Waals surface area contributed by atoms with E-state index in [4.69, 9.17) is 11.6 Å². The summed E-state index contributed by atoms with van der Waals surface area (Å²) in [5, 5.41) is 14.7. The Labute approximate surface area is 120 Å². The lowest BCUT2D eigenvalue weighted by Crippen LogP contribution is -2.11. The summed E-state index contributed by atoms with van der Waals surface area (Å²) in [5.74, 6) is -1.54. The molecule has 1 N–H and O–H groups in total. The van der Waals surface area contributed by atoms with Gasteiger partial charge in [-0.05, 0) is 26.0 Å². The maximum absolute atomic E-state index is 13.6. The second kappa shape index (κ2) is 5.89. The quantitative estimate of drug-likeness (QED) is 0.939. The maximum atomic E-state index is 13.6. The Bertz CT molecular complexity index is 608. The fourth-order valence-electron chi connectivity index (χ4n) is 2.18. The van der Waals surface area contributed by atoms with Crippen LogP contribution in [0.2, 0.25) is 5.02 Å². The highest BCUT2D eigenvalue weighted by molar-refractivity contribution is 6.31. The van der Waals surface area contributed by atoms with E-state index in [2.05, 4.69) is 5.10 Å². The summed E-state index contributed by atoms with van der Waals surface area (Å²) in [6, 6.07) is 3.49. The molecule has 0 amide bonds. The van der Waals surface area contributed by atoms with E-state index in [0.29, 0.717) is 23.0 Å². The molecule has 1 atom stereocenters. The van der Waals surface area contributed by atoms with Crippen molar-refractivity contribution < 1.29 is 13.9 Å². The number of aryl methyl sites for hydroxylation is 2. The van der Waals surface area contributed by atoms with E-state index < -0.39 is 17.7 Å². The van der Waals surface area contributed by atoms with Crippen molar-refractivity contribution in [3.05, 3.63) is 51.8 Å². The first-order valence-corrected chi connectivity index (χ1v) is 6.67. The van der Waals surface area contributed by atoms with Crippen LogP contribution in [-0.4, -0.2) is 14.9 Å². The molecule has 0 aliphatic rings. The lowest BCUT2D eigenvalue weighted by molar-refractivity contribution is 0.165. The van der Waals surface area contributed by atoms with Crippen molar-refractivity contribution in [1.82, 2.24) is 9.78 Å². The molecule has 0 saturated carbocycles. The lowest BCUT2D eigenvalue weighted by Gasteiger charge is -2.14. The highest BCUT2D eigenvalue weighted by Gasteiger charge is 2.22. The third-order valence-electron chi connectivity index (χ3n) is 3.17. The largest absolute Gasteiger partial charge is 0.388 e. The van der Waals surface area contributed by atoms with E-state index in [0.717, 1.165) is 12.1 Å². The molecule has 0 bridgehead atoms. The molecule has 1 aromatic heterocycles. The van der Waals surface area contributed by atoms with Crippen LogP contribution in [0.25, 0.3) is 0 Å². The first-order valence-electron chi connectivity index (χ1n) is 6.29. The van der Waals surface area contributed by atoms with E-state index in [1.54, 1.807) is 11.6 Å². The Hall–Kier alpha value is -1.46.